The highest BCUT2D eigenvalue weighted by Crippen LogP contribution is 2.52. The normalized spacial score (nSPS) is 28.5. The number of hydrogen-bond donors (Lipinski definition) is 3. The number of hydrogen-bond acceptors (Lipinski definition) is 12. The van der Waals surface area contributed by atoms with Crippen molar-refractivity contribution >= 4 is 57.1 Å². The molecule has 0 spiro atoms. The third kappa shape index (κ3) is 10.7. The van der Waals surface area contributed by atoms with Crippen LogP contribution in [0, 0.1) is 47.3 Å². The van der Waals surface area contributed by atoms with E-state index in [0.717, 1.165) is 73.7 Å². The molecule has 8 fully saturated rings. The lowest BCUT2D eigenvalue weighted by atomic mass is 9.56. The molecule has 6 saturated carbocycles. The van der Waals surface area contributed by atoms with E-state index in [4.69, 9.17) is 18.9 Å². The fraction of sp³-hybridized carbons (Fsp3) is 0.536. The van der Waals surface area contributed by atoms with Crippen molar-refractivity contribution in [3.05, 3.63) is 96.1 Å². The van der Waals surface area contributed by atoms with E-state index < -0.39 is 71.5 Å². The van der Waals surface area contributed by atoms with E-state index in [9.17, 15) is 19.2 Å². The minimum Gasteiger partial charge on any atom is -0.458 e. The van der Waals surface area contributed by atoms with Crippen LogP contribution in [0.1, 0.15) is 72.1 Å². The molecule has 3 N–H and O–H groups in total. The fourth-order valence-corrected chi connectivity index (χ4v) is 13.1. The highest BCUT2D eigenvalue weighted by molar-refractivity contribution is 6.06. The van der Waals surface area contributed by atoms with Gasteiger partial charge in [-0.05, 0) is 110 Å². The number of nitrogens with one attached hydrogen (secondary N) is 3. The van der Waals surface area contributed by atoms with Crippen LogP contribution in [-0.2, 0) is 38.1 Å². The molecule has 10 unspecified atom stereocenters. The molecule has 2 heterocycles. The molecule has 2 saturated heterocycles. The molecule has 4 bridgehead atoms. The summed E-state index contributed by atoms with van der Waals surface area (Å²) in [6.45, 7) is 8.51. The number of amides is 4. The van der Waals surface area contributed by atoms with Gasteiger partial charge >= 0.3 is 11.9 Å². The maximum absolute atomic E-state index is 15.1. The second-order valence-electron chi connectivity index (χ2n) is 20.6. The average Bonchev–Trinajstić information content (AvgIpc) is 3.41. The molecule has 4 amide bonds. The van der Waals surface area contributed by atoms with Crippen LogP contribution in [0.5, 0.6) is 0 Å². The molecule has 2 aliphatic heterocycles. The first-order valence-electron chi connectivity index (χ1n) is 26.1. The van der Waals surface area contributed by atoms with Crippen molar-refractivity contribution in [3.8, 4) is 0 Å². The minimum atomic E-state index is -0.982. The van der Waals surface area contributed by atoms with E-state index in [1.54, 1.807) is 12.1 Å². The van der Waals surface area contributed by atoms with Crippen LogP contribution in [0.4, 0.5) is 0 Å². The van der Waals surface area contributed by atoms with Gasteiger partial charge in [-0.2, -0.15) is 0 Å². The van der Waals surface area contributed by atoms with Gasteiger partial charge in [-0.15, -0.1) is 0 Å². The Morgan fingerprint density at radius 2 is 0.901 bits per heavy atom. The summed E-state index contributed by atoms with van der Waals surface area (Å²) in [4.78, 5) is 91.8. The van der Waals surface area contributed by atoms with Crippen LogP contribution >= 0.6 is 0 Å². The zero-order valence-electron chi connectivity index (χ0n) is 40.5. The molecule has 10 atom stereocenters. The van der Waals surface area contributed by atoms with E-state index in [1.807, 2.05) is 72.8 Å². The molecular formula is C56H67N5O10. The Morgan fingerprint density at radius 3 is 1.34 bits per heavy atom. The lowest BCUT2D eigenvalue weighted by molar-refractivity contribution is -0.162. The van der Waals surface area contributed by atoms with Gasteiger partial charge in [-0.3, -0.25) is 34.3 Å². The standard InChI is InChI=1S/C56H67N5O10/c62-51(57-21-7-23-60-25-29-68-30-26-60)47-37-17-19-43(45(33-37)70-55(66)41-15-5-11-35-9-1-3-13-39(35)41)49(47)53(64)59-54(65)50-44-20-18-38(48(50)52(63)58-22-8-24-61-27-31-69-32-28-61)34-46(44)71-56(67)42-16-6-12-36-10-2-4-14-40(36)42/h1-6,9-16,37-38,43-50H,7-8,17-34H2,(H,57,62)(H,58,63)(H,59,64,65). The summed E-state index contributed by atoms with van der Waals surface area (Å²) < 4.78 is 23.7. The van der Waals surface area contributed by atoms with Gasteiger partial charge in [0.2, 0.25) is 23.6 Å². The maximum Gasteiger partial charge on any atom is 0.339 e. The zero-order chi connectivity index (χ0) is 48.8. The summed E-state index contributed by atoms with van der Waals surface area (Å²) in [6.07, 6.45) is 3.32. The van der Waals surface area contributed by atoms with E-state index in [-0.39, 0.29) is 23.7 Å². The highest BCUT2D eigenvalue weighted by Gasteiger charge is 2.58. The van der Waals surface area contributed by atoms with Crippen molar-refractivity contribution in [1.82, 2.24) is 25.8 Å². The van der Waals surface area contributed by atoms with Gasteiger partial charge in [-0.25, -0.2) is 9.59 Å². The maximum atomic E-state index is 15.1. The number of carbonyl (C=O) groups is 6. The number of nitrogens with zero attached hydrogens (tertiary/aromatic N) is 2. The summed E-state index contributed by atoms with van der Waals surface area (Å²) in [6, 6.07) is 26.2. The molecule has 4 aromatic rings. The smallest absolute Gasteiger partial charge is 0.339 e. The van der Waals surface area contributed by atoms with Crippen LogP contribution in [-0.4, -0.2) is 136 Å². The largest absolute Gasteiger partial charge is 0.458 e. The first-order chi connectivity index (χ1) is 34.7. The Morgan fingerprint density at radius 1 is 0.493 bits per heavy atom. The van der Waals surface area contributed by atoms with Gasteiger partial charge in [0.15, 0.2) is 0 Å². The van der Waals surface area contributed by atoms with Gasteiger partial charge < -0.3 is 29.6 Å². The number of imide groups is 1. The first kappa shape index (κ1) is 48.9. The molecule has 6 aliphatic carbocycles. The van der Waals surface area contributed by atoms with Crippen LogP contribution in [0.3, 0.4) is 0 Å². The Labute approximate surface area is 415 Å². The van der Waals surface area contributed by atoms with Crippen molar-refractivity contribution in [2.45, 2.75) is 63.6 Å². The van der Waals surface area contributed by atoms with Crippen LogP contribution in [0.15, 0.2) is 84.9 Å². The number of rotatable bonds is 16. The molecular weight excluding hydrogens is 903 g/mol. The quantitative estimate of drug-likeness (QED) is 0.0742. The van der Waals surface area contributed by atoms with Crippen molar-refractivity contribution in [2.24, 2.45) is 47.3 Å². The van der Waals surface area contributed by atoms with Gasteiger partial charge in [0.1, 0.15) is 12.2 Å². The number of esters is 2. The van der Waals surface area contributed by atoms with E-state index >= 15 is 9.59 Å². The second kappa shape index (κ2) is 22.4. The Hall–Kier alpha value is -5.74. The van der Waals surface area contributed by atoms with Gasteiger partial charge in [0.25, 0.3) is 0 Å². The highest BCUT2D eigenvalue weighted by atomic mass is 16.5. The first-order valence-corrected chi connectivity index (χ1v) is 26.1. The molecule has 8 aliphatic rings. The van der Waals surface area contributed by atoms with Gasteiger partial charge in [0, 0.05) is 51.1 Å². The number of benzene rings is 4. The molecule has 15 nitrogen and oxygen atoms in total. The van der Waals surface area contributed by atoms with Crippen molar-refractivity contribution in [3.63, 3.8) is 0 Å². The van der Waals surface area contributed by atoms with Gasteiger partial charge in [-0.1, -0.05) is 72.8 Å². The second-order valence-corrected chi connectivity index (χ2v) is 20.6. The van der Waals surface area contributed by atoms with Crippen LogP contribution in [0.2, 0.25) is 0 Å². The number of ether oxygens (including phenoxy) is 4. The zero-order valence-corrected chi connectivity index (χ0v) is 40.5. The van der Waals surface area contributed by atoms with Crippen LogP contribution < -0.4 is 16.0 Å². The monoisotopic (exact) mass is 969 g/mol. The molecule has 0 aromatic heterocycles. The van der Waals surface area contributed by atoms with E-state index in [2.05, 4.69) is 25.8 Å². The average molecular weight is 970 g/mol. The summed E-state index contributed by atoms with van der Waals surface area (Å²) in [7, 11) is 0. The summed E-state index contributed by atoms with van der Waals surface area (Å²) in [5.41, 5.74) is 0.840. The molecule has 15 heteroatoms. The third-order valence-electron chi connectivity index (χ3n) is 16.6. The Balaban J connectivity index is 0.894. The molecule has 0 radical (unpaired) electrons. The van der Waals surface area contributed by atoms with E-state index in [1.165, 1.54) is 0 Å². The minimum absolute atomic E-state index is 0.250. The number of fused-ring (bicyclic) bond motifs is 8. The number of morpholine rings is 2. The third-order valence-corrected chi connectivity index (χ3v) is 16.6. The molecule has 4 aromatic carbocycles. The predicted octanol–water partition coefficient (Wildman–Crippen LogP) is 5.39. The van der Waals surface area contributed by atoms with Crippen molar-refractivity contribution in [1.29, 1.82) is 0 Å². The van der Waals surface area contributed by atoms with Crippen molar-refractivity contribution < 1.29 is 47.7 Å². The SMILES string of the molecule is O=C(OC1CC2CCC1C(C(=O)NC(=O)C1C3CCC(CC3OC(=O)c3cccc4ccccc34)C1C(=O)NCCCN1CCOCC1)C2C(=O)NCCCN1CCOCC1)c1cccc2ccccc12. The Bertz CT molecular complexity index is 2410. The lowest BCUT2D eigenvalue weighted by Gasteiger charge is -2.51. The topological polar surface area (TPSA) is 182 Å². The summed E-state index contributed by atoms with van der Waals surface area (Å²) >= 11 is 0. The lowest BCUT2D eigenvalue weighted by Crippen LogP contribution is -2.61. The Kier molecular flexibility index (Phi) is 15.4. The van der Waals surface area contributed by atoms with E-state index in [0.29, 0.717) is 89.2 Å². The van der Waals surface area contributed by atoms with Gasteiger partial charge in [0.05, 0.1) is 61.2 Å². The fourth-order valence-electron chi connectivity index (χ4n) is 13.1. The summed E-state index contributed by atoms with van der Waals surface area (Å²) in [5, 5.41) is 12.4. The van der Waals surface area contributed by atoms with Crippen LogP contribution in [0.25, 0.3) is 21.5 Å². The predicted molar refractivity (Wildman–Crippen MR) is 265 cm³/mol. The van der Waals surface area contributed by atoms with Crippen molar-refractivity contribution in [2.75, 3.05) is 78.8 Å². The summed E-state index contributed by atoms with van der Waals surface area (Å²) in [5.74, 6) is -7.87. The molecule has 71 heavy (non-hydrogen) atoms. The number of carbonyl (C=O) groups excluding carboxylic acids is 6. The molecule has 12 rings (SSSR count). The molecule has 376 valence electrons.